The highest BCUT2D eigenvalue weighted by Crippen LogP contribution is 2.19. The summed E-state index contributed by atoms with van der Waals surface area (Å²) in [5.41, 5.74) is 6.13. The molecule has 23 heavy (non-hydrogen) atoms. The van der Waals surface area contributed by atoms with Crippen LogP contribution in [0.25, 0.3) is 22.3 Å². The average Bonchev–Trinajstić information content (AvgIpc) is 2.56. The van der Waals surface area contributed by atoms with Gasteiger partial charge in [-0.05, 0) is 24.3 Å². The fraction of sp³-hybridized carbons (Fsp3) is 0.0526. The lowest BCUT2D eigenvalue weighted by atomic mass is 10.1. The van der Waals surface area contributed by atoms with Crippen LogP contribution in [0.2, 0.25) is 0 Å². The Labute approximate surface area is 156 Å². The zero-order valence-corrected chi connectivity index (χ0v) is 15.8. The molecule has 0 radical (unpaired) electrons. The van der Waals surface area contributed by atoms with Gasteiger partial charge in [-0.3, -0.25) is 0 Å². The fourth-order valence-corrected chi connectivity index (χ4v) is 3.02. The number of aromatic nitrogens is 2. The van der Waals surface area contributed by atoms with E-state index in [0.29, 0.717) is 0 Å². The highest BCUT2D eigenvalue weighted by molar-refractivity contribution is 5.69. The summed E-state index contributed by atoms with van der Waals surface area (Å²) < 4.78 is 4.54. The quantitative estimate of drug-likeness (QED) is 0.226. The highest BCUT2D eigenvalue weighted by atomic mass is 79.9. The van der Waals surface area contributed by atoms with E-state index in [4.69, 9.17) is 0 Å². The Morgan fingerprint density at radius 3 is 1.78 bits per heavy atom. The summed E-state index contributed by atoms with van der Waals surface area (Å²) in [6, 6.07) is 23.2. The second-order valence-corrected chi connectivity index (χ2v) is 5.21. The molecule has 0 aliphatic rings. The van der Waals surface area contributed by atoms with Gasteiger partial charge in [0.15, 0.2) is 12.4 Å². The minimum atomic E-state index is 0. The number of benzene rings is 1. The third-order valence-electron chi connectivity index (χ3n) is 3.97. The second kappa shape index (κ2) is 7.20. The first-order valence-electron chi connectivity index (χ1n) is 7.15. The molecule has 0 N–H and O–H groups in total. The minimum absolute atomic E-state index is 0. The Morgan fingerprint density at radius 1 is 0.609 bits per heavy atom. The zero-order valence-electron chi connectivity index (χ0n) is 12.7. The number of halogens is 2. The molecule has 0 saturated heterocycles. The summed E-state index contributed by atoms with van der Waals surface area (Å²) in [5.74, 6) is 0. The van der Waals surface area contributed by atoms with Crippen LogP contribution in [0, 0.1) is 6.92 Å². The monoisotopic (exact) mass is 430 g/mol. The topological polar surface area (TPSA) is 8.20 Å². The first-order chi connectivity index (χ1) is 10.4. The van der Waals surface area contributed by atoms with Crippen molar-refractivity contribution in [2.24, 2.45) is 0 Å². The van der Waals surface area contributed by atoms with Crippen molar-refractivity contribution < 1.29 is 42.8 Å². The van der Waals surface area contributed by atoms with Crippen molar-refractivity contribution in [2.45, 2.75) is 6.92 Å². The molecule has 1 aromatic carbocycles. The number of rotatable bonds is 1. The van der Waals surface area contributed by atoms with Crippen LogP contribution in [0.3, 0.4) is 0 Å². The molecule has 3 aromatic heterocycles. The van der Waals surface area contributed by atoms with E-state index >= 15 is 0 Å². The van der Waals surface area contributed by atoms with Crippen LogP contribution < -0.4 is 42.8 Å². The van der Waals surface area contributed by atoms with Gasteiger partial charge in [0.25, 0.3) is 22.4 Å². The summed E-state index contributed by atoms with van der Waals surface area (Å²) in [7, 11) is 0. The normalized spacial score (nSPS) is 10.1. The lowest BCUT2D eigenvalue weighted by molar-refractivity contribution is -0.562. The summed E-state index contributed by atoms with van der Waals surface area (Å²) >= 11 is 0. The van der Waals surface area contributed by atoms with Crippen molar-refractivity contribution in [3.63, 3.8) is 0 Å². The van der Waals surface area contributed by atoms with Gasteiger partial charge in [-0.25, -0.2) is 0 Å². The highest BCUT2D eigenvalue weighted by Gasteiger charge is 2.26. The smallest absolute Gasteiger partial charge is 0.286 e. The van der Waals surface area contributed by atoms with Gasteiger partial charge in [-0.1, -0.05) is 18.2 Å². The van der Waals surface area contributed by atoms with Gasteiger partial charge in [0.1, 0.15) is 0 Å². The van der Waals surface area contributed by atoms with Crippen LogP contribution >= 0.6 is 0 Å². The number of aryl methyl sites for hydroxylation is 1. The van der Waals surface area contributed by atoms with Crippen molar-refractivity contribution in [2.75, 3.05) is 0 Å². The maximum atomic E-state index is 2.28. The largest absolute Gasteiger partial charge is 1.00 e. The van der Waals surface area contributed by atoms with Crippen LogP contribution in [0.15, 0.2) is 79.1 Å². The molecule has 0 spiro atoms. The number of pyridine rings is 2. The van der Waals surface area contributed by atoms with Gasteiger partial charge in [-0.15, -0.1) is 4.40 Å². The lowest BCUT2D eigenvalue weighted by Crippen LogP contribution is -3.00. The molecule has 4 rings (SSSR count). The van der Waals surface area contributed by atoms with E-state index in [9.17, 15) is 0 Å². The van der Waals surface area contributed by atoms with Gasteiger partial charge in [-0.2, -0.15) is 4.40 Å². The molecule has 2 nitrogen and oxygen atoms in total. The van der Waals surface area contributed by atoms with Gasteiger partial charge in [0, 0.05) is 31.2 Å². The zero-order chi connectivity index (χ0) is 14.2. The minimum Gasteiger partial charge on any atom is -1.00 e. The van der Waals surface area contributed by atoms with Gasteiger partial charge in [0.2, 0.25) is 0 Å². The predicted octanol–water partition coefficient (Wildman–Crippen LogP) is -2.85. The van der Waals surface area contributed by atoms with E-state index in [1.807, 2.05) is 0 Å². The van der Waals surface area contributed by atoms with E-state index in [2.05, 4.69) is 94.8 Å². The Balaban J connectivity index is 0.000000960. The molecule has 0 fully saturated rings. The molecule has 0 saturated carbocycles. The standard InChI is InChI=1S/C19H16N2.2BrH/c1-15-19(16-9-3-2-4-10-16)21-14-8-6-12-18(21)17-11-5-7-13-20(15)17;;/h2-14H,1H3;2*1H/q+2;;/p-2. The van der Waals surface area contributed by atoms with Gasteiger partial charge < -0.3 is 34.0 Å². The number of hydrogen-bond acceptors (Lipinski definition) is 0. The van der Waals surface area contributed by atoms with E-state index in [-0.39, 0.29) is 34.0 Å². The first-order valence-corrected chi connectivity index (χ1v) is 7.15. The molecule has 3 heterocycles. The third kappa shape index (κ3) is 2.89. The molecule has 0 amide bonds. The molecular weight excluding hydrogens is 416 g/mol. The Hall–Kier alpha value is -1.78. The average molecular weight is 432 g/mol. The molecule has 4 aromatic rings. The lowest BCUT2D eigenvalue weighted by Gasteiger charge is -2.03. The Kier molecular flexibility index (Phi) is 5.50. The van der Waals surface area contributed by atoms with Crippen molar-refractivity contribution in [3.8, 4) is 11.3 Å². The van der Waals surface area contributed by atoms with Gasteiger partial charge in [0.05, 0.1) is 5.56 Å². The first kappa shape index (κ1) is 17.6. The summed E-state index contributed by atoms with van der Waals surface area (Å²) in [6.45, 7) is 2.18. The van der Waals surface area contributed by atoms with E-state index in [1.54, 1.807) is 0 Å². The Bertz CT molecular complexity index is 953. The van der Waals surface area contributed by atoms with E-state index in [1.165, 1.54) is 28.0 Å². The van der Waals surface area contributed by atoms with Crippen molar-refractivity contribution >= 4 is 11.0 Å². The van der Waals surface area contributed by atoms with Crippen LogP contribution in [-0.2, 0) is 0 Å². The molecule has 0 bridgehead atoms. The van der Waals surface area contributed by atoms with Crippen molar-refractivity contribution in [1.82, 2.24) is 0 Å². The number of hydrogen-bond donors (Lipinski definition) is 0. The molecular formula is C19H16Br2N2. The molecule has 0 atom stereocenters. The molecule has 0 aliphatic carbocycles. The van der Waals surface area contributed by atoms with Crippen LogP contribution in [0.4, 0.5) is 0 Å². The SMILES string of the molecule is Cc1c(-c2ccccc2)[n+]2ccccc2c2cccc[n+]12.[Br-].[Br-]. The fourth-order valence-electron chi connectivity index (χ4n) is 3.02. The summed E-state index contributed by atoms with van der Waals surface area (Å²) in [6.07, 6.45) is 4.27. The number of fused-ring (bicyclic) bond motifs is 3. The van der Waals surface area contributed by atoms with Crippen LogP contribution in [-0.4, -0.2) is 0 Å². The van der Waals surface area contributed by atoms with Crippen molar-refractivity contribution in [1.29, 1.82) is 0 Å². The summed E-state index contributed by atoms with van der Waals surface area (Å²) in [4.78, 5) is 0. The van der Waals surface area contributed by atoms with Crippen molar-refractivity contribution in [3.05, 3.63) is 84.8 Å². The maximum absolute atomic E-state index is 2.28. The maximum Gasteiger partial charge on any atom is 0.286 e. The third-order valence-corrected chi connectivity index (χ3v) is 3.97. The predicted molar refractivity (Wildman–Crippen MR) is 82.9 cm³/mol. The molecule has 0 unspecified atom stereocenters. The van der Waals surface area contributed by atoms with E-state index < -0.39 is 0 Å². The van der Waals surface area contributed by atoms with E-state index in [0.717, 1.165) is 0 Å². The molecule has 116 valence electrons. The van der Waals surface area contributed by atoms with Gasteiger partial charge >= 0.3 is 0 Å². The second-order valence-electron chi connectivity index (χ2n) is 5.21. The molecule has 0 aliphatic heterocycles. The Morgan fingerprint density at radius 2 is 1.13 bits per heavy atom. The molecule has 4 heteroatoms. The van der Waals surface area contributed by atoms with Crippen LogP contribution in [0.1, 0.15) is 5.69 Å². The summed E-state index contributed by atoms with van der Waals surface area (Å²) in [5, 5.41) is 0. The van der Waals surface area contributed by atoms with Crippen LogP contribution in [0.5, 0.6) is 0 Å². The number of nitrogens with zero attached hydrogens (tertiary/aromatic N) is 2.